The molecule has 0 atom stereocenters. The Morgan fingerprint density at radius 1 is 1.23 bits per heavy atom. The maximum absolute atomic E-state index is 12.8. The number of hydrogen-bond donors (Lipinski definition) is 0. The molecule has 0 radical (unpaired) electrons. The molecule has 1 aliphatic heterocycles. The summed E-state index contributed by atoms with van der Waals surface area (Å²) in [6.07, 6.45) is 3.99. The van der Waals surface area contributed by atoms with E-state index in [-0.39, 0.29) is 23.8 Å². The lowest BCUT2D eigenvalue weighted by atomic mass is 9.95. The fourth-order valence-corrected chi connectivity index (χ4v) is 4.28. The van der Waals surface area contributed by atoms with Crippen LogP contribution in [0.15, 0.2) is 17.5 Å². The Morgan fingerprint density at radius 2 is 1.92 bits per heavy atom. The highest BCUT2D eigenvalue weighted by Gasteiger charge is 2.34. The Morgan fingerprint density at radius 3 is 2.46 bits per heavy atom. The fourth-order valence-electron chi connectivity index (χ4n) is 3.55. The van der Waals surface area contributed by atoms with Gasteiger partial charge in [0.15, 0.2) is 0 Å². The molecule has 1 aliphatic carbocycles. The van der Waals surface area contributed by atoms with Crippen LogP contribution < -0.4 is 0 Å². The van der Waals surface area contributed by atoms with E-state index in [9.17, 15) is 9.59 Å². The smallest absolute Gasteiger partial charge is 0.236 e. The molecular formula is C20H31N3O2S. The molecule has 2 amide bonds. The minimum absolute atomic E-state index is 0.0668. The minimum Gasteiger partial charge on any atom is -0.343 e. The van der Waals surface area contributed by atoms with E-state index < -0.39 is 0 Å². The van der Waals surface area contributed by atoms with Crippen molar-refractivity contribution in [2.75, 3.05) is 26.7 Å². The minimum atomic E-state index is 0.0668. The highest BCUT2D eigenvalue weighted by molar-refractivity contribution is 7.09. The van der Waals surface area contributed by atoms with E-state index in [1.165, 1.54) is 17.7 Å². The number of hydrogen-bond acceptors (Lipinski definition) is 4. The molecule has 2 aliphatic rings. The average Bonchev–Trinajstić information content (AvgIpc) is 3.37. The number of likely N-dealkylation sites (tertiary alicyclic amines) is 1. The van der Waals surface area contributed by atoms with E-state index in [0.717, 1.165) is 19.4 Å². The van der Waals surface area contributed by atoms with Crippen LogP contribution in [0.3, 0.4) is 0 Å². The summed E-state index contributed by atoms with van der Waals surface area (Å²) in [5.41, 5.74) is 0. The van der Waals surface area contributed by atoms with Gasteiger partial charge in [-0.3, -0.25) is 14.5 Å². The normalized spacial score (nSPS) is 18.6. The third kappa shape index (κ3) is 4.86. The molecule has 3 rings (SSSR count). The molecule has 6 heteroatoms. The molecule has 1 aromatic rings. The molecule has 2 heterocycles. The van der Waals surface area contributed by atoms with Gasteiger partial charge in [-0.2, -0.15) is 0 Å². The second kappa shape index (κ2) is 8.53. The van der Waals surface area contributed by atoms with E-state index >= 15 is 0 Å². The average molecular weight is 378 g/mol. The van der Waals surface area contributed by atoms with Crippen LogP contribution >= 0.6 is 11.3 Å². The molecule has 26 heavy (non-hydrogen) atoms. The van der Waals surface area contributed by atoms with Gasteiger partial charge in [0, 0.05) is 49.6 Å². The third-order valence-electron chi connectivity index (χ3n) is 5.66. The summed E-state index contributed by atoms with van der Waals surface area (Å²) in [4.78, 5) is 32.7. The quantitative estimate of drug-likeness (QED) is 0.734. The number of amides is 2. The van der Waals surface area contributed by atoms with Gasteiger partial charge >= 0.3 is 0 Å². The molecule has 2 fully saturated rings. The second-order valence-corrected chi connectivity index (χ2v) is 8.95. The predicted molar refractivity (Wildman–Crippen MR) is 105 cm³/mol. The van der Waals surface area contributed by atoms with E-state index in [4.69, 9.17) is 0 Å². The fraction of sp³-hybridized carbons (Fsp3) is 0.700. The van der Waals surface area contributed by atoms with Crippen molar-refractivity contribution in [3.63, 3.8) is 0 Å². The molecule has 0 spiro atoms. The van der Waals surface area contributed by atoms with E-state index in [0.29, 0.717) is 25.7 Å². The van der Waals surface area contributed by atoms with E-state index in [1.807, 2.05) is 30.7 Å². The number of carbonyl (C=O) groups excluding carboxylic acids is 2. The van der Waals surface area contributed by atoms with Gasteiger partial charge < -0.3 is 9.80 Å². The van der Waals surface area contributed by atoms with Crippen LogP contribution in [-0.2, 0) is 16.1 Å². The van der Waals surface area contributed by atoms with Crippen molar-refractivity contribution >= 4 is 23.2 Å². The van der Waals surface area contributed by atoms with E-state index in [1.54, 1.807) is 11.3 Å². The number of piperidine rings is 1. The van der Waals surface area contributed by atoms with Crippen LogP contribution in [0.25, 0.3) is 0 Å². The highest BCUT2D eigenvalue weighted by Crippen LogP contribution is 2.29. The predicted octanol–water partition coefficient (Wildman–Crippen LogP) is 2.82. The van der Waals surface area contributed by atoms with Crippen molar-refractivity contribution < 1.29 is 9.59 Å². The van der Waals surface area contributed by atoms with Crippen LogP contribution in [0.1, 0.15) is 44.4 Å². The van der Waals surface area contributed by atoms with Gasteiger partial charge in [-0.15, -0.1) is 11.3 Å². The summed E-state index contributed by atoms with van der Waals surface area (Å²) in [7, 11) is 1.88. The molecule has 1 saturated carbocycles. The van der Waals surface area contributed by atoms with Gasteiger partial charge in [0.25, 0.3) is 0 Å². The summed E-state index contributed by atoms with van der Waals surface area (Å²) in [5, 5.41) is 2.10. The van der Waals surface area contributed by atoms with Crippen molar-refractivity contribution in [1.82, 2.24) is 14.7 Å². The van der Waals surface area contributed by atoms with Crippen molar-refractivity contribution in [2.45, 2.75) is 58.2 Å². The van der Waals surface area contributed by atoms with Gasteiger partial charge in [0.1, 0.15) is 0 Å². The largest absolute Gasteiger partial charge is 0.343 e. The summed E-state index contributed by atoms with van der Waals surface area (Å²) >= 11 is 1.76. The lowest BCUT2D eigenvalue weighted by Crippen LogP contribution is -2.47. The van der Waals surface area contributed by atoms with Crippen molar-refractivity contribution in [3.8, 4) is 0 Å². The first-order chi connectivity index (χ1) is 12.5. The number of thiophene rings is 1. The van der Waals surface area contributed by atoms with Crippen LogP contribution in [0.5, 0.6) is 0 Å². The maximum atomic E-state index is 12.8. The lowest BCUT2D eigenvalue weighted by molar-refractivity contribution is -0.141. The third-order valence-corrected chi connectivity index (χ3v) is 6.52. The highest BCUT2D eigenvalue weighted by atomic mass is 32.1. The zero-order valence-corrected chi connectivity index (χ0v) is 17.0. The van der Waals surface area contributed by atoms with Gasteiger partial charge in [-0.1, -0.05) is 6.07 Å². The molecule has 1 saturated heterocycles. The Labute approximate surface area is 161 Å². The lowest BCUT2D eigenvalue weighted by Gasteiger charge is -2.35. The van der Waals surface area contributed by atoms with Gasteiger partial charge in [0.2, 0.25) is 11.8 Å². The Bertz CT molecular complexity index is 605. The first-order valence-electron chi connectivity index (χ1n) is 9.76. The number of carbonyl (C=O) groups is 2. The summed E-state index contributed by atoms with van der Waals surface area (Å²) in [6, 6.07) is 5.02. The van der Waals surface area contributed by atoms with Crippen LogP contribution in [0.4, 0.5) is 0 Å². The zero-order chi connectivity index (χ0) is 18.7. The standard InChI is InChI=1S/C20H31N3O2S/c1-15(2)21(3)20(25)16-8-10-22(11-9-16)19(24)14-23(17-6-7-17)13-18-5-4-12-26-18/h4-5,12,15-17H,6-11,13-14H2,1-3H3. The number of nitrogens with zero attached hydrogens (tertiary/aromatic N) is 3. The Balaban J connectivity index is 1.49. The first-order valence-corrected chi connectivity index (χ1v) is 10.6. The zero-order valence-electron chi connectivity index (χ0n) is 16.2. The van der Waals surface area contributed by atoms with Crippen LogP contribution in [0.2, 0.25) is 0 Å². The summed E-state index contributed by atoms with van der Waals surface area (Å²) in [6.45, 7) is 6.87. The Hall–Kier alpha value is -1.40. The van der Waals surface area contributed by atoms with Crippen LogP contribution in [0, 0.1) is 5.92 Å². The molecule has 0 unspecified atom stereocenters. The van der Waals surface area contributed by atoms with Crippen LogP contribution in [-0.4, -0.2) is 65.3 Å². The molecular weight excluding hydrogens is 346 g/mol. The Kier molecular flexibility index (Phi) is 6.35. The molecule has 0 bridgehead atoms. The second-order valence-electron chi connectivity index (χ2n) is 7.91. The first kappa shape index (κ1) is 19.4. The summed E-state index contributed by atoms with van der Waals surface area (Å²) < 4.78 is 0. The topological polar surface area (TPSA) is 43.9 Å². The molecule has 144 valence electrons. The van der Waals surface area contributed by atoms with E-state index in [2.05, 4.69) is 22.4 Å². The van der Waals surface area contributed by atoms with Gasteiger partial charge in [-0.05, 0) is 51.0 Å². The number of rotatable bonds is 7. The molecule has 5 nitrogen and oxygen atoms in total. The molecule has 0 N–H and O–H groups in total. The molecule has 0 aromatic carbocycles. The van der Waals surface area contributed by atoms with Crippen molar-refractivity contribution in [1.29, 1.82) is 0 Å². The monoisotopic (exact) mass is 377 g/mol. The van der Waals surface area contributed by atoms with Crippen molar-refractivity contribution in [3.05, 3.63) is 22.4 Å². The SMILES string of the molecule is CC(C)N(C)C(=O)C1CCN(C(=O)CN(Cc2cccs2)C2CC2)CC1. The van der Waals surface area contributed by atoms with Gasteiger partial charge in [-0.25, -0.2) is 0 Å². The summed E-state index contributed by atoms with van der Waals surface area (Å²) in [5.74, 6) is 0.512. The molecule has 1 aromatic heterocycles. The maximum Gasteiger partial charge on any atom is 0.236 e. The van der Waals surface area contributed by atoms with Gasteiger partial charge in [0.05, 0.1) is 6.54 Å². The van der Waals surface area contributed by atoms with Crippen molar-refractivity contribution in [2.24, 2.45) is 5.92 Å².